The van der Waals surface area contributed by atoms with Gasteiger partial charge in [-0.05, 0) is 11.6 Å². The van der Waals surface area contributed by atoms with E-state index in [1.165, 1.54) is 12.1 Å². The van der Waals surface area contributed by atoms with Crippen LogP contribution in [0, 0.1) is 0 Å². The van der Waals surface area contributed by atoms with Crippen molar-refractivity contribution in [2.45, 2.75) is 18.8 Å². The van der Waals surface area contributed by atoms with Gasteiger partial charge in [0.05, 0.1) is 12.3 Å². The van der Waals surface area contributed by atoms with E-state index in [9.17, 15) is 13.6 Å². The van der Waals surface area contributed by atoms with Crippen LogP contribution in [0.25, 0.3) is 0 Å². The molecule has 0 bridgehead atoms. The van der Waals surface area contributed by atoms with E-state index in [-0.39, 0.29) is 10.6 Å². The lowest BCUT2D eigenvalue weighted by atomic mass is 9.96. The predicted molar refractivity (Wildman–Crippen MR) is 52.4 cm³/mol. The first-order chi connectivity index (χ1) is 7.02. The zero-order chi connectivity index (χ0) is 11.4. The quantitative estimate of drug-likeness (QED) is 0.869. The van der Waals surface area contributed by atoms with Gasteiger partial charge in [0.15, 0.2) is 0 Å². The lowest BCUT2D eigenvalue weighted by molar-refractivity contribution is -0.138. The Morgan fingerprint density at radius 3 is 2.47 bits per heavy atom. The SMILES string of the molecule is O=C(O)CC(c1ccccc1Cl)C(F)F. The third-order valence-electron chi connectivity index (χ3n) is 2.00. The van der Waals surface area contributed by atoms with Gasteiger partial charge in [-0.25, -0.2) is 8.78 Å². The largest absolute Gasteiger partial charge is 0.481 e. The average molecular weight is 235 g/mol. The van der Waals surface area contributed by atoms with Crippen molar-refractivity contribution in [1.29, 1.82) is 0 Å². The van der Waals surface area contributed by atoms with Crippen molar-refractivity contribution in [2.75, 3.05) is 0 Å². The summed E-state index contributed by atoms with van der Waals surface area (Å²) in [6, 6.07) is 6.05. The minimum absolute atomic E-state index is 0.170. The number of halogens is 3. The first-order valence-electron chi connectivity index (χ1n) is 4.26. The van der Waals surface area contributed by atoms with Crippen LogP contribution in [-0.2, 0) is 4.79 Å². The highest BCUT2D eigenvalue weighted by Crippen LogP contribution is 2.31. The van der Waals surface area contributed by atoms with Crippen LogP contribution >= 0.6 is 11.6 Å². The monoisotopic (exact) mass is 234 g/mol. The van der Waals surface area contributed by atoms with Gasteiger partial charge in [-0.3, -0.25) is 4.79 Å². The molecule has 0 aliphatic carbocycles. The average Bonchev–Trinajstić information content (AvgIpc) is 2.15. The maximum atomic E-state index is 12.6. The van der Waals surface area contributed by atoms with E-state index >= 15 is 0 Å². The van der Waals surface area contributed by atoms with Crippen molar-refractivity contribution in [2.24, 2.45) is 0 Å². The van der Waals surface area contributed by atoms with Gasteiger partial charge in [0.1, 0.15) is 0 Å². The smallest absolute Gasteiger partial charge is 0.304 e. The Hall–Kier alpha value is -1.16. The van der Waals surface area contributed by atoms with Crippen LogP contribution in [0.15, 0.2) is 24.3 Å². The molecule has 0 saturated carbocycles. The molecule has 0 amide bonds. The second-order valence-corrected chi connectivity index (χ2v) is 3.47. The zero-order valence-corrected chi connectivity index (χ0v) is 8.42. The minimum atomic E-state index is -2.74. The molecule has 0 aliphatic heterocycles. The number of carbonyl (C=O) groups is 1. The van der Waals surface area contributed by atoms with Crippen molar-refractivity contribution in [3.8, 4) is 0 Å². The van der Waals surface area contributed by atoms with E-state index in [1.54, 1.807) is 12.1 Å². The zero-order valence-electron chi connectivity index (χ0n) is 7.66. The summed E-state index contributed by atoms with van der Waals surface area (Å²) in [5.41, 5.74) is 0.177. The summed E-state index contributed by atoms with van der Waals surface area (Å²) < 4.78 is 25.2. The summed E-state index contributed by atoms with van der Waals surface area (Å²) in [6.07, 6.45) is -3.36. The Labute approximate surface area is 90.5 Å². The normalized spacial score (nSPS) is 12.8. The molecule has 1 N–H and O–H groups in total. The molecule has 0 aliphatic rings. The molecule has 0 radical (unpaired) electrons. The molecular formula is C10H9ClF2O2. The van der Waals surface area contributed by atoms with Crippen molar-refractivity contribution >= 4 is 17.6 Å². The lowest BCUT2D eigenvalue weighted by Crippen LogP contribution is -2.14. The molecule has 1 rings (SSSR count). The summed E-state index contributed by atoms with van der Waals surface area (Å²) in [4.78, 5) is 10.4. The Morgan fingerprint density at radius 1 is 1.40 bits per heavy atom. The summed E-state index contributed by atoms with van der Waals surface area (Å²) in [6.45, 7) is 0. The topological polar surface area (TPSA) is 37.3 Å². The van der Waals surface area contributed by atoms with Crippen LogP contribution in [0.4, 0.5) is 8.78 Å². The van der Waals surface area contributed by atoms with Crippen LogP contribution in [0.2, 0.25) is 5.02 Å². The fourth-order valence-corrected chi connectivity index (χ4v) is 1.57. The molecule has 0 heterocycles. The minimum Gasteiger partial charge on any atom is -0.481 e. The Balaban J connectivity index is 2.99. The highest BCUT2D eigenvalue weighted by Gasteiger charge is 2.26. The number of carboxylic acid groups (broad SMARTS) is 1. The molecule has 82 valence electrons. The standard InChI is InChI=1S/C10H9ClF2O2/c11-8-4-2-1-3-6(8)7(10(12)13)5-9(14)15/h1-4,7,10H,5H2,(H,14,15). The van der Waals surface area contributed by atoms with E-state index in [0.717, 1.165) is 0 Å². The number of rotatable bonds is 4. The highest BCUT2D eigenvalue weighted by molar-refractivity contribution is 6.31. The summed E-state index contributed by atoms with van der Waals surface area (Å²) >= 11 is 5.72. The number of aliphatic carboxylic acids is 1. The third-order valence-corrected chi connectivity index (χ3v) is 2.35. The number of alkyl halides is 2. The molecule has 0 saturated heterocycles. The van der Waals surface area contributed by atoms with Crippen LogP contribution in [0.5, 0.6) is 0 Å². The first kappa shape index (κ1) is 11.9. The summed E-state index contributed by atoms with van der Waals surface area (Å²) in [7, 11) is 0. The van der Waals surface area contributed by atoms with Crippen molar-refractivity contribution in [1.82, 2.24) is 0 Å². The first-order valence-corrected chi connectivity index (χ1v) is 4.64. The van der Waals surface area contributed by atoms with Gasteiger partial charge < -0.3 is 5.11 Å². The molecule has 5 heteroatoms. The summed E-state index contributed by atoms with van der Waals surface area (Å²) in [5.74, 6) is -2.61. The van der Waals surface area contributed by atoms with E-state index < -0.39 is 24.7 Å². The van der Waals surface area contributed by atoms with Crippen LogP contribution in [-0.4, -0.2) is 17.5 Å². The van der Waals surface area contributed by atoms with Gasteiger partial charge in [0, 0.05) is 5.02 Å². The fourth-order valence-electron chi connectivity index (χ4n) is 1.30. The molecule has 0 fully saturated rings. The Morgan fingerprint density at radius 2 is 2.00 bits per heavy atom. The van der Waals surface area contributed by atoms with Gasteiger partial charge in [-0.15, -0.1) is 0 Å². The third kappa shape index (κ3) is 3.16. The molecular weight excluding hydrogens is 226 g/mol. The van der Waals surface area contributed by atoms with E-state index in [1.807, 2.05) is 0 Å². The van der Waals surface area contributed by atoms with E-state index in [4.69, 9.17) is 16.7 Å². The molecule has 0 spiro atoms. The predicted octanol–water partition coefficient (Wildman–Crippen LogP) is 3.16. The highest BCUT2D eigenvalue weighted by atomic mass is 35.5. The maximum Gasteiger partial charge on any atom is 0.304 e. The Bertz CT molecular complexity index is 355. The van der Waals surface area contributed by atoms with Gasteiger partial charge in [-0.2, -0.15) is 0 Å². The molecule has 1 aromatic carbocycles. The molecule has 2 nitrogen and oxygen atoms in total. The van der Waals surface area contributed by atoms with Gasteiger partial charge in [0.2, 0.25) is 6.43 Å². The number of hydrogen-bond acceptors (Lipinski definition) is 1. The molecule has 1 atom stereocenters. The molecule has 1 aromatic rings. The number of hydrogen-bond donors (Lipinski definition) is 1. The van der Waals surface area contributed by atoms with E-state index in [0.29, 0.717) is 0 Å². The molecule has 0 aromatic heterocycles. The van der Waals surface area contributed by atoms with E-state index in [2.05, 4.69) is 0 Å². The van der Waals surface area contributed by atoms with Gasteiger partial charge in [-0.1, -0.05) is 29.8 Å². The Kier molecular flexibility index (Phi) is 4.03. The maximum absolute atomic E-state index is 12.6. The summed E-state index contributed by atoms with van der Waals surface area (Å²) in [5, 5.41) is 8.68. The molecule has 1 unspecified atom stereocenters. The van der Waals surface area contributed by atoms with Crippen LogP contribution < -0.4 is 0 Å². The van der Waals surface area contributed by atoms with Crippen LogP contribution in [0.1, 0.15) is 17.9 Å². The number of carboxylic acids is 1. The van der Waals surface area contributed by atoms with Gasteiger partial charge >= 0.3 is 5.97 Å². The number of benzene rings is 1. The fraction of sp³-hybridized carbons (Fsp3) is 0.300. The molecule has 15 heavy (non-hydrogen) atoms. The van der Waals surface area contributed by atoms with Crippen molar-refractivity contribution in [3.05, 3.63) is 34.9 Å². The van der Waals surface area contributed by atoms with Crippen molar-refractivity contribution < 1.29 is 18.7 Å². The lowest BCUT2D eigenvalue weighted by Gasteiger charge is -2.15. The van der Waals surface area contributed by atoms with Crippen LogP contribution in [0.3, 0.4) is 0 Å². The van der Waals surface area contributed by atoms with Crippen molar-refractivity contribution in [3.63, 3.8) is 0 Å². The second-order valence-electron chi connectivity index (χ2n) is 3.06. The second kappa shape index (κ2) is 5.07. The van der Waals surface area contributed by atoms with Gasteiger partial charge in [0.25, 0.3) is 0 Å².